The molecular weight excluding hydrogens is 445 g/mol. The van der Waals surface area contributed by atoms with Crippen LogP contribution in [0.3, 0.4) is 0 Å². The first kappa shape index (κ1) is 23.2. The van der Waals surface area contributed by atoms with Gasteiger partial charge in [-0.3, -0.25) is 9.69 Å². The maximum absolute atomic E-state index is 12.2. The zero-order chi connectivity index (χ0) is 22.9. The fourth-order valence-corrected chi connectivity index (χ4v) is 4.98. The highest BCUT2D eigenvalue weighted by Gasteiger charge is 2.43. The number of ether oxygens (including phenoxy) is 2. The summed E-state index contributed by atoms with van der Waals surface area (Å²) in [5.41, 5.74) is 2.69. The molecule has 0 saturated carbocycles. The molecule has 1 fully saturated rings. The van der Waals surface area contributed by atoms with Gasteiger partial charge in [0.15, 0.2) is 0 Å². The third-order valence-corrected chi connectivity index (χ3v) is 6.77. The Hall–Kier alpha value is -2.01. The fourth-order valence-electron chi connectivity index (χ4n) is 4.45. The maximum Gasteiger partial charge on any atom is 0.320 e. The number of nitrogens with zero attached hydrogens (tertiary/aromatic N) is 1. The molecule has 2 aromatic carbocycles. The number of rotatable bonds is 4. The second kappa shape index (κ2) is 9.09. The van der Waals surface area contributed by atoms with Gasteiger partial charge in [-0.2, -0.15) is 0 Å². The average molecular weight is 474 g/mol. The molecular formula is C26H29Cl2NO3. The Balaban J connectivity index is 1.42. The van der Waals surface area contributed by atoms with Gasteiger partial charge in [0, 0.05) is 26.6 Å². The van der Waals surface area contributed by atoms with Gasteiger partial charge in [0.05, 0.1) is 13.2 Å². The number of esters is 1. The van der Waals surface area contributed by atoms with Gasteiger partial charge in [-0.15, -0.1) is 0 Å². The molecule has 2 aromatic rings. The van der Waals surface area contributed by atoms with E-state index >= 15 is 0 Å². The van der Waals surface area contributed by atoms with Crippen molar-refractivity contribution in [2.24, 2.45) is 0 Å². The van der Waals surface area contributed by atoms with Crippen molar-refractivity contribution in [1.29, 1.82) is 0 Å². The van der Waals surface area contributed by atoms with Gasteiger partial charge in [-0.1, -0.05) is 53.6 Å². The molecule has 1 spiro atoms. The molecule has 6 heteroatoms. The van der Waals surface area contributed by atoms with Crippen LogP contribution in [0.2, 0.25) is 10.0 Å². The van der Waals surface area contributed by atoms with Crippen LogP contribution in [-0.4, -0.2) is 42.7 Å². The van der Waals surface area contributed by atoms with Gasteiger partial charge >= 0.3 is 5.97 Å². The summed E-state index contributed by atoms with van der Waals surface area (Å²) in [7, 11) is 0. The van der Waals surface area contributed by atoms with Crippen LogP contribution in [0.15, 0.2) is 36.4 Å². The average Bonchev–Trinajstić information content (AvgIpc) is 3.06. The standard InChI is InChI=1S/C26H29Cl2NO3/c1-25(2,3)32-24(30)16-29-13-11-26(12-14-29)17-31-23-15-18(8-10-20(23)26)7-9-19-21(27)5-4-6-22(19)28/h4-10,15H,11-14,16-17H2,1-3H3. The predicted octanol–water partition coefficient (Wildman–Crippen LogP) is 6.23. The number of halogens is 2. The number of hydrogen-bond donors (Lipinski definition) is 0. The second-order valence-corrected chi connectivity index (χ2v) is 10.5. The molecule has 0 atom stereocenters. The minimum absolute atomic E-state index is 0.0219. The monoisotopic (exact) mass is 473 g/mol. The van der Waals surface area contributed by atoms with Crippen LogP contribution >= 0.6 is 23.2 Å². The summed E-state index contributed by atoms with van der Waals surface area (Å²) in [6, 6.07) is 11.9. The minimum Gasteiger partial charge on any atom is -0.492 e. The molecule has 0 aliphatic carbocycles. The number of carbonyl (C=O) groups excluding carboxylic acids is 1. The number of fused-ring (bicyclic) bond motifs is 2. The lowest BCUT2D eigenvalue weighted by molar-refractivity contribution is -0.156. The van der Waals surface area contributed by atoms with Gasteiger partial charge in [0.25, 0.3) is 0 Å². The van der Waals surface area contributed by atoms with Crippen LogP contribution in [0, 0.1) is 0 Å². The number of benzene rings is 2. The van der Waals surface area contributed by atoms with E-state index in [4.69, 9.17) is 32.7 Å². The Morgan fingerprint density at radius 1 is 1.12 bits per heavy atom. The molecule has 32 heavy (non-hydrogen) atoms. The summed E-state index contributed by atoms with van der Waals surface area (Å²) < 4.78 is 11.6. The lowest BCUT2D eigenvalue weighted by atomic mass is 9.74. The van der Waals surface area contributed by atoms with E-state index < -0.39 is 5.60 Å². The molecule has 4 rings (SSSR count). The Labute approximate surface area is 200 Å². The van der Waals surface area contributed by atoms with Gasteiger partial charge in [0.1, 0.15) is 11.4 Å². The van der Waals surface area contributed by atoms with E-state index in [1.807, 2.05) is 51.1 Å². The van der Waals surface area contributed by atoms with E-state index in [1.54, 1.807) is 0 Å². The molecule has 2 aliphatic rings. The summed E-state index contributed by atoms with van der Waals surface area (Å²) in [6.45, 7) is 8.44. The van der Waals surface area contributed by atoms with E-state index in [9.17, 15) is 4.79 Å². The molecule has 0 N–H and O–H groups in total. The largest absolute Gasteiger partial charge is 0.492 e. The van der Waals surface area contributed by atoms with Crippen LogP contribution in [0.5, 0.6) is 5.75 Å². The summed E-state index contributed by atoms with van der Waals surface area (Å²) in [4.78, 5) is 14.4. The van der Waals surface area contributed by atoms with Crippen molar-refractivity contribution in [1.82, 2.24) is 4.90 Å². The van der Waals surface area contributed by atoms with Crippen molar-refractivity contribution >= 4 is 41.3 Å². The minimum atomic E-state index is -0.449. The summed E-state index contributed by atoms with van der Waals surface area (Å²) in [5.74, 6) is 0.782. The van der Waals surface area contributed by atoms with Crippen LogP contribution in [0.4, 0.5) is 0 Å². The quantitative estimate of drug-likeness (QED) is 0.389. The summed E-state index contributed by atoms with van der Waals surface area (Å²) in [5, 5.41) is 1.26. The first-order valence-corrected chi connectivity index (χ1v) is 11.7. The topological polar surface area (TPSA) is 38.8 Å². The van der Waals surface area contributed by atoms with Gasteiger partial charge < -0.3 is 9.47 Å². The third-order valence-electron chi connectivity index (χ3n) is 6.11. The number of likely N-dealkylation sites (tertiary alicyclic amines) is 1. The molecule has 0 radical (unpaired) electrons. The Morgan fingerprint density at radius 2 is 1.81 bits per heavy atom. The lowest BCUT2D eigenvalue weighted by Gasteiger charge is -2.38. The Kier molecular flexibility index (Phi) is 6.58. The molecule has 170 valence electrons. The van der Waals surface area contributed by atoms with E-state index in [2.05, 4.69) is 23.1 Å². The SMILES string of the molecule is CC(C)(C)OC(=O)CN1CCC2(CC1)COc1cc(C=Cc3c(Cl)cccc3Cl)ccc12. The molecule has 0 bridgehead atoms. The number of piperidine rings is 1. The Bertz CT molecular complexity index is 1010. The molecule has 1 saturated heterocycles. The second-order valence-electron chi connectivity index (χ2n) is 9.66. The highest BCUT2D eigenvalue weighted by Crippen LogP contribution is 2.46. The summed E-state index contributed by atoms with van der Waals surface area (Å²) in [6.07, 6.45) is 5.87. The predicted molar refractivity (Wildman–Crippen MR) is 131 cm³/mol. The molecule has 0 aromatic heterocycles. The van der Waals surface area contributed by atoms with Crippen LogP contribution in [-0.2, 0) is 14.9 Å². The van der Waals surface area contributed by atoms with Crippen LogP contribution in [0.25, 0.3) is 12.2 Å². The maximum atomic E-state index is 12.2. The van der Waals surface area contributed by atoms with Gasteiger partial charge in [-0.05, 0) is 70.5 Å². The highest BCUT2D eigenvalue weighted by molar-refractivity contribution is 6.37. The zero-order valence-corrected chi connectivity index (χ0v) is 20.3. The van der Waals surface area contributed by atoms with Crippen LogP contribution < -0.4 is 4.74 Å². The molecule has 4 nitrogen and oxygen atoms in total. The van der Waals surface area contributed by atoms with E-state index in [1.165, 1.54) is 5.56 Å². The smallest absolute Gasteiger partial charge is 0.320 e. The molecule has 2 heterocycles. The first-order valence-electron chi connectivity index (χ1n) is 11.0. The summed E-state index contributed by atoms with van der Waals surface area (Å²) >= 11 is 12.5. The highest BCUT2D eigenvalue weighted by atomic mass is 35.5. The number of hydrogen-bond acceptors (Lipinski definition) is 4. The normalized spacial score (nSPS) is 18.0. The molecule has 0 unspecified atom stereocenters. The Morgan fingerprint density at radius 3 is 2.47 bits per heavy atom. The van der Waals surface area contributed by atoms with Crippen molar-refractivity contribution in [3.8, 4) is 5.75 Å². The van der Waals surface area contributed by atoms with Crippen LogP contribution in [0.1, 0.15) is 50.3 Å². The van der Waals surface area contributed by atoms with Gasteiger partial charge in [0.2, 0.25) is 0 Å². The van der Waals surface area contributed by atoms with Crippen molar-refractivity contribution in [3.63, 3.8) is 0 Å². The first-order chi connectivity index (χ1) is 15.2. The van der Waals surface area contributed by atoms with E-state index in [0.717, 1.165) is 42.8 Å². The molecule has 0 amide bonds. The van der Waals surface area contributed by atoms with E-state index in [-0.39, 0.29) is 11.4 Å². The number of carbonyl (C=O) groups is 1. The third kappa shape index (κ3) is 5.14. The lowest BCUT2D eigenvalue weighted by Crippen LogP contribution is -2.46. The van der Waals surface area contributed by atoms with Gasteiger partial charge in [-0.25, -0.2) is 0 Å². The zero-order valence-electron chi connectivity index (χ0n) is 18.8. The van der Waals surface area contributed by atoms with Crippen molar-refractivity contribution < 1.29 is 14.3 Å². The van der Waals surface area contributed by atoms with E-state index in [0.29, 0.717) is 23.2 Å². The molecule has 2 aliphatic heterocycles. The van der Waals surface area contributed by atoms with Crippen molar-refractivity contribution in [3.05, 3.63) is 63.1 Å². The van der Waals surface area contributed by atoms with Crippen molar-refractivity contribution in [2.45, 2.75) is 44.6 Å². The van der Waals surface area contributed by atoms with Crippen molar-refractivity contribution in [2.75, 3.05) is 26.2 Å². The fraction of sp³-hybridized carbons (Fsp3) is 0.423.